The number of ether oxygens (including phenoxy) is 1. The second-order valence-corrected chi connectivity index (χ2v) is 7.61. The van der Waals surface area contributed by atoms with Crippen LogP contribution in [0.15, 0.2) is 18.6 Å². The molecular formula is C19H26N4O3. The highest BCUT2D eigenvalue weighted by atomic mass is 16.5. The van der Waals surface area contributed by atoms with Crippen molar-refractivity contribution in [2.75, 3.05) is 32.8 Å². The van der Waals surface area contributed by atoms with Crippen LogP contribution in [-0.4, -0.2) is 70.5 Å². The first kappa shape index (κ1) is 17.4. The number of hydrogen-bond acceptors (Lipinski definition) is 5. The summed E-state index contributed by atoms with van der Waals surface area (Å²) in [5.74, 6) is -0.0398. The minimum atomic E-state index is -0.402. The zero-order valence-electron chi connectivity index (χ0n) is 15.1. The molecule has 0 saturated carbocycles. The first-order valence-electron chi connectivity index (χ1n) is 9.65. The Morgan fingerprint density at radius 2 is 1.85 bits per heavy atom. The molecule has 3 aliphatic rings. The van der Waals surface area contributed by atoms with Gasteiger partial charge in [0.2, 0.25) is 5.91 Å². The first-order chi connectivity index (χ1) is 12.7. The summed E-state index contributed by atoms with van der Waals surface area (Å²) >= 11 is 0. The largest absolute Gasteiger partial charge is 0.381 e. The van der Waals surface area contributed by atoms with E-state index in [1.165, 1.54) is 6.33 Å². The van der Waals surface area contributed by atoms with Crippen molar-refractivity contribution in [3.63, 3.8) is 0 Å². The number of piperidine rings is 1. The molecule has 4 rings (SSSR count). The lowest BCUT2D eigenvalue weighted by atomic mass is 9.67. The Morgan fingerprint density at radius 3 is 2.54 bits per heavy atom. The van der Waals surface area contributed by atoms with Crippen molar-refractivity contribution < 1.29 is 14.3 Å². The molecule has 7 heteroatoms. The normalized spacial score (nSPS) is 25.5. The Bertz CT molecular complexity index is 648. The third kappa shape index (κ3) is 3.09. The third-order valence-corrected chi connectivity index (χ3v) is 6.17. The summed E-state index contributed by atoms with van der Waals surface area (Å²) < 4.78 is 5.58. The lowest BCUT2D eigenvalue weighted by Crippen LogP contribution is -2.62. The van der Waals surface area contributed by atoms with Crippen LogP contribution in [0.1, 0.15) is 49.0 Å². The first-order valence-corrected chi connectivity index (χ1v) is 9.65. The number of aromatic nitrogens is 2. The van der Waals surface area contributed by atoms with Crippen LogP contribution >= 0.6 is 0 Å². The monoisotopic (exact) mass is 358 g/mol. The molecule has 0 aliphatic carbocycles. The number of hydrogen-bond donors (Lipinski definition) is 0. The molecule has 1 aromatic heterocycles. The summed E-state index contributed by atoms with van der Waals surface area (Å²) in [6, 6.07) is 1.23. The summed E-state index contributed by atoms with van der Waals surface area (Å²) in [6.07, 6.45) is 8.64. The van der Waals surface area contributed by atoms with Crippen LogP contribution in [0.2, 0.25) is 0 Å². The number of carbonyl (C=O) groups excluding carboxylic acids is 2. The molecule has 1 aromatic rings. The van der Waals surface area contributed by atoms with Crippen LogP contribution in [-0.2, 0) is 9.53 Å². The number of nitrogens with zero attached hydrogens (tertiary/aromatic N) is 4. The van der Waals surface area contributed by atoms with Crippen molar-refractivity contribution in [1.82, 2.24) is 19.8 Å². The summed E-state index contributed by atoms with van der Waals surface area (Å²) in [7, 11) is 0. The lowest BCUT2D eigenvalue weighted by Gasteiger charge is -2.51. The van der Waals surface area contributed by atoms with Gasteiger partial charge in [-0.3, -0.25) is 9.59 Å². The molecule has 4 heterocycles. The van der Waals surface area contributed by atoms with Crippen LogP contribution < -0.4 is 0 Å². The highest BCUT2D eigenvalue weighted by Gasteiger charge is 2.52. The highest BCUT2D eigenvalue weighted by molar-refractivity contribution is 5.96. The van der Waals surface area contributed by atoms with Crippen LogP contribution in [0.3, 0.4) is 0 Å². The number of carbonyl (C=O) groups is 2. The zero-order chi connectivity index (χ0) is 18.0. The maximum Gasteiger partial charge on any atom is 0.273 e. The van der Waals surface area contributed by atoms with E-state index in [9.17, 15) is 9.59 Å². The Kier molecular flexibility index (Phi) is 4.89. The molecular weight excluding hydrogens is 332 g/mol. The van der Waals surface area contributed by atoms with Gasteiger partial charge in [0.25, 0.3) is 5.91 Å². The molecule has 0 aromatic carbocycles. The molecule has 3 aliphatic heterocycles. The predicted molar refractivity (Wildman–Crippen MR) is 94.4 cm³/mol. The van der Waals surface area contributed by atoms with Crippen molar-refractivity contribution in [3.05, 3.63) is 24.3 Å². The van der Waals surface area contributed by atoms with E-state index in [1.807, 2.05) is 4.90 Å². The fourth-order valence-corrected chi connectivity index (χ4v) is 4.79. The van der Waals surface area contributed by atoms with E-state index in [0.29, 0.717) is 25.5 Å². The smallest absolute Gasteiger partial charge is 0.273 e. The minimum absolute atomic E-state index is 0.117. The van der Waals surface area contributed by atoms with Gasteiger partial charge >= 0.3 is 0 Å². The van der Waals surface area contributed by atoms with Gasteiger partial charge in [-0.05, 0) is 44.6 Å². The van der Waals surface area contributed by atoms with Crippen LogP contribution in [0.4, 0.5) is 0 Å². The standard InChI is InChI=1S/C19H26N4O3/c24-17(15-4-8-20-14-21-15)23-11-3-5-19(6-12-26-13-7-19)16(23)18(25)22-9-1-2-10-22/h4,8,14,16H,1-3,5-7,9-13H2. The zero-order valence-corrected chi connectivity index (χ0v) is 15.1. The van der Waals surface area contributed by atoms with E-state index in [-0.39, 0.29) is 17.2 Å². The summed E-state index contributed by atoms with van der Waals surface area (Å²) in [5, 5.41) is 0. The van der Waals surface area contributed by atoms with Crippen molar-refractivity contribution in [1.29, 1.82) is 0 Å². The molecule has 3 fully saturated rings. The van der Waals surface area contributed by atoms with E-state index >= 15 is 0 Å². The molecule has 0 radical (unpaired) electrons. The van der Waals surface area contributed by atoms with E-state index in [1.54, 1.807) is 17.2 Å². The molecule has 0 N–H and O–H groups in total. The van der Waals surface area contributed by atoms with Gasteiger partial charge in [-0.15, -0.1) is 0 Å². The molecule has 1 atom stereocenters. The van der Waals surface area contributed by atoms with Gasteiger partial charge in [-0.2, -0.15) is 0 Å². The van der Waals surface area contributed by atoms with Gasteiger partial charge in [-0.1, -0.05) is 0 Å². The maximum absolute atomic E-state index is 13.5. The molecule has 0 bridgehead atoms. The Balaban J connectivity index is 1.68. The molecule has 7 nitrogen and oxygen atoms in total. The predicted octanol–water partition coefficient (Wildman–Crippen LogP) is 1.50. The SMILES string of the molecule is O=C(C1N(C(=O)c2ccncn2)CCCC12CCOCC2)N1CCCC1. The van der Waals surface area contributed by atoms with Crippen LogP contribution in [0.25, 0.3) is 0 Å². The second kappa shape index (κ2) is 7.31. The van der Waals surface area contributed by atoms with Gasteiger partial charge < -0.3 is 14.5 Å². The van der Waals surface area contributed by atoms with Crippen molar-refractivity contribution in [3.8, 4) is 0 Å². The Morgan fingerprint density at radius 1 is 1.08 bits per heavy atom. The van der Waals surface area contributed by atoms with Gasteiger partial charge in [0.1, 0.15) is 18.1 Å². The summed E-state index contributed by atoms with van der Waals surface area (Å²) in [6.45, 7) is 3.54. The van der Waals surface area contributed by atoms with Gasteiger partial charge in [-0.25, -0.2) is 9.97 Å². The number of rotatable bonds is 2. The minimum Gasteiger partial charge on any atom is -0.381 e. The average molecular weight is 358 g/mol. The molecule has 140 valence electrons. The van der Waals surface area contributed by atoms with Gasteiger partial charge in [0.15, 0.2) is 0 Å². The highest BCUT2D eigenvalue weighted by Crippen LogP contribution is 2.45. The molecule has 3 saturated heterocycles. The Hall–Kier alpha value is -2.02. The summed E-state index contributed by atoms with van der Waals surface area (Å²) in [5.41, 5.74) is 0.196. The van der Waals surface area contributed by atoms with E-state index in [0.717, 1.165) is 51.6 Å². The van der Waals surface area contributed by atoms with Crippen LogP contribution in [0.5, 0.6) is 0 Å². The van der Waals surface area contributed by atoms with Crippen molar-refractivity contribution in [2.24, 2.45) is 5.41 Å². The molecule has 26 heavy (non-hydrogen) atoms. The average Bonchev–Trinajstić information content (AvgIpc) is 3.23. The number of likely N-dealkylation sites (tertiary alicyclic amines) is 2. The van der Waals surface area contributed by atoms with Crippen molar-refractivity contribution in [2.45, 2.75) is 44.6 Å². The summed E-state index contributed by atoms with van der Waals surface area (Å²) in [4.78, 5) is 38.4. The quantitative estimate of drug-likeness (QED) is 0.801. The van der Waals surface area contributed by atoms with Gasteiger partial charge in [0.05, 0.1) is 0 Å². The molecule has 1 unspecified atom stereocenters. The van der Waals surface area contributed by atoms with Gasteiger partial charge in [0, 0.05) is 44.5 Å². The molecule has 2 amide bonds. The lowest BCUT2D eigenvalue weighted by molar-refractivity contribution is -0.147. The molecule has 1 spiro atoms. The van der Waals surface area contributed by atoms with Crippen LogP contribution in [0, 0.1) is 5.41 Å². The second-order valence-electron chi connectivity index (χ2n) is 7.61. The third-order valence-electron chi connectivity index (χ3n) is 6.17. The topological polar surface area (TPSA) is 75.6 Å². The van der Waals surface area contributed by atoms with E-state index < -0.39 is 6.04 Å². The van der Waals surface area contributed by atoms with Crippen molar-refractivity contribution >= 4 is 11.8 Å². The van der Waals surface area contributed by atoms with E-state index in [4.69, 9.17) is 4.74 Å². The van der Waals surface area contributed by atoms with E-state index in [2.05, 4.69) is 9.97 Å². The maximum atomic E-state index is 13.5. The Labute approximate surface area is 153 Å². The fraction of sp³-hybridized carbons (Fsp3) is 0.684. The number of amides is 2. The fourth-order valence-electron chi connectivity index (χ4n) is 4.79.